The Bertz CT molecular complexity index is 221. The molecule has 1 unspecified atom stereocenters. The molecule has 0 aromatic carbocycles. The lowest BCUT2D eigenvalue weighted by Gasteiger charge is -2.16. The van der Waals surface area contributed by atoms with Crippen LogP contribution in [0.4, 0.5) is 9.59 Å². The maximum absolute atomic E-state index is 11.2. The SMILES string of the molecule is CCOC(=O)N1C(=O)OCC1CI. The molecule has 1 aliphatic heterocycles. The summed E-state index contributed by atoms with van der Waals surface area (Å²) in [5, 5.41) is 0. The first-order valence-corrected chi connectivity index (χ1v) is 5.42. The van der Waals surface area contributed by atoms with Crippen molar-refractivity contribution in [3.8, 4) is 0 Å². The number of hydrogen-bond acceptors (Lipinski definition) is 4. The molecule has 6 heteroatoms. The number of rotatable bonds is 2. The summed E-state index contributed by atoms with van der Waals surface area (Å²) in [6, 6.07) is -0.188. The fraction of sp³-hybridized carbons (Fsp3) is 0.714. The molecule has 0 bridgehead atoms. The van der Waals surface area contributed by atoms with E-state index >= 15 is 0 Å². The first kappa shape index (κ1) is 10.6. The van der Waals surface area contributed by atoms with Crippen LogP contribution in [0.3, 0.4) is 0 Å². The van der Waals surface area contributed by atoms with Crippen molar-refractivity contribution in [2.45, 2.75) is 13.0 Å². The van der Waals surface area contributed by atoms with Crippen LogP contribution in [0.1, 0.15) is 6.92 Å². The third-order valence-corrected chi connectivity index (χ3v) is 2.62. The van der Waals surface area contributed by atoms with Crippen molar-refractivity contribution in [2.75, 3.05) is 17.6 Å². The van der Waals surface area contributed by atoms with Crippen LogP contribution >= 0.6 is 22.6 Å². The second-order valence-corrected chi connectivity index (χ2v) is 3.33. The van der Waals surface area contributed by atoms with E-state index in [1.54, 1.807) is 6.92 Å². The zero-order valence-corrected chi connectivity index (χ0v) is 9.31. The monoisotopic (exact) mass is 299 g/mol. The minimum absolute atomic E-state index is 0.188. The van der Waals surface area contributed by atoms with Crippen molar-refractivity contribution < 1.29 is 19.1 Å². The van der Waals surface area contributed by atoms with Crippen LogP contribution in [0.15, 0.2) is 0 Å². The topological polar surface area (TPSA) is 55.8 Å². The lowest BCUT2D eigenvalue weighted by molar-refractivity contribution is 0.109. The summed E-state index contributed by atoms with van der Waals surface area (Å²) in [4.78, 5) is 23.3. The quantitative estimate of drug-likeness (QED) is 0.571. The summed E-state index contributed by atoms with van der Waals surface area (Å²) >= 11 is 2.09. The van der Waals surface area contributed by atoms with Crippen molar-refractivity contribution in [3.63, 3.8) is 0 Å². The molecule has 0 spiro atoms. The normalized spacial score (nSPS) is 21.5. The van der Waals surface area contributed by atoms with Gasteiger partial charge in [0.15, 0.2) is 0 Å². The molecule has 1 rings (SSSR count). The van der Waals surface area contributed by atoms with E-state index in [2.05, 4.69) is 22.6 Å². The molecule has 1 fully saturated rings. The maximum Gasteiger partial charge on any atom is 0.419 e. The first-order chi connectivity index (χ1) is 6.20. The van der Waals surface area contributed by atoms with E-state index in [-0.39, 0.29) is 19.3 Å². The number of imide groups is 1. The smallest absolute Gasteiger partial charge is 0.419 e. The average molecular weight is 299 g/mol. The molecule has 1 atom stereocenters. The summed E-state index contributed by atoms with van der Waals surface area (Å²) < 4.78 is 10.1. The van der Waals surface area contributed by atoms with Crippen LogP contribution in [0, 0.1) is 0 Å². The van der Waals surface area contributed by atoms with E-state index in [0.717, 1.165) is 4.90 Å². The predicted molar refractivity (Wildman–Crippen MR) is 52.9 cm³/mol. The van der Waals surface area contributed by atoms with Gasteiger partial charge in [-0.05, 0) is 6.92 Å². The Hall–Kier alpha value is -0.530. The highest BCUT2D eigenvalue weighted by atomic mass is 127. The third kappa shape index (κ3) is 2.23. The number of carbonyl (C=O) groups excluding carboxylic acids is 2. The van der Waals surface area contributed by atoms with E-state index in [1.165, 1.54) is 0 Å². The van der Waals surface area contributed by atoms with Crippen LogP contribution in [0.2, 0.25) is 0 Å². The largest absolute Gasteiger partial charge is 0.449 e. The minimum atomic E-state index is -0.619. The Balaban J connectivity index is 2.63. The lowest BCUT2D eigenvalue weighted by Crippen LogP contribution is -2.40. The van der Waals surface area contributed by atoms with Gasteiger partial charge in [0.2, 0.25) is 0 Å². The number of nitrogens with zero attached hydrogens (tertiary/aromatic N) is 1. The Labute approximate surface area is 89.5 Å². The highest BCUT2D eigenvalue weighted by molar-refractivity contribution is 14.1. The van der Waals surface area contributed by atoms with Crippen LogP contribution < -0.4 is 0 Å². The van der Waals surface area contributed by atoms with Crippen LogP contribution in [0.5, 0.6) is 0 Å². The molecule has 5 nitrogen and oxygen atoms in total. The van der Waals surface area contributed by atoms with Gasteiger partial charge >= 0.3 is 12.2 Å². The fourth-order valence-electron chi connectivity index (χ4n) is 0.991. The Morgan fingerprint density at radius 2 is 2.54 bits per heavy atom. The summed E-state index contributed by atoms with van der Waals surface area (Å²) in [7, 11) is 0. The molecule has 0 aromatic rings. The Morgan fingerprint density at radius 1 is 1.85 bits per heavy atom. The van der Waals surface area contributed by atoms with Gasteiger partial charge in [0.25, 0.3) is 0 Å². The number of hydrogen-bond donors (Lipinski definition) is 0. The molecule has 74 valence electrons. The van der Waals surface area contributed by atoms with Crippen LogP contribution in [-0.4, -0.2) is 40.8 Å². The second-order valence-electron chi connectivity index (χ2n) is 2.45. The molecule has 0 N–H and O–H groups in total. The number of ether oxygens (including phenoxy) is 2. The zero-order chi connectivity index (χ0) is 9.84. The molecular formula is C7H10INO4. The van der Waals surface area contributed by atoms with Crippen molar-refractivity contribution in [1.29, 1.82) is 0 Å². The van der Waals surface area contributed by atoms with E-state index in [9.17, 15) is 9.59 Å². The highest BCUT2D eigenvalue weighted by Crippen LogP contribution is 2.15. The molecule has 1 aliphatic rings. The first-order valence-electron chi connectivity index (χ1n) is 3.89. The van der Waals surface area contributed by atoms with E-state index in [1.807, 2.05) is 0 Å². The number of carbonyl (C=O) groups is 2. The van der Waals surface area contributed by atoms with E-state index in [4.69, 9.17) is 9.47 Å². The zero-order valence-electron chi connectivity index (χ0n) is 7.16. The average Bonchev–Trinajstić information content (AvgIpc) is 2.47. The molecule has 0 aromatic heterocycles. The molecule has 13 heavy (non-hydrogen) atoms. The van der Waals surface area contributed by atoms with Gasteiger partial charge in [0.05, 0.1) is 12.6 Å². The molecule has 0 radical (unpaired) electrons. The standard InChI is InChI=1S/C7H10INO4/c1-2-12-6(10)9-5(3-8)4-13-7(9)11/h5H,2-4H2,1H3. The van der Waals surface area contributed by atoms with Gasteiger partial charge in [-0.2, -0.15) is 0 Å². The summed E-state index contributed by atoms with van der Waals surface area (Å²) in [6.45, 7) is 2.22. The van der Waals surface area contributed by atoms with Gasteiger partial charge in [-0.25, -0.2) is 14.5 Å². The number of amides is 2. The summed E-state index contributed by atoms with van der Waals surface area (Å²) in [6.07, 6.45) is -1.23. The van der Waals surface area contributed by atoms with Gasteiger partial charge < -0.3 is 9.47 Å². The van der Waals surface area contributed by atoms with Crippen molar-refractivity contribution in [2.24, 2.45) is 0 Å². The van der Waals surface area contributed by atoms with Crippen LogP contribution in [0.25, 0.3) is 0 Å². The van der Waals surface area contributed by atoms with Gasteiger partial charge in [0.1, 0.15) is 6.61 Å². The number of alkyl halides is 1. The molecule has 0 saturated carbocycles. The predicted octanol–water partition coefficient (Wildman–Crippen LogP) is 1.40. The van der Waals surface area contributed by atoms with Crippen molar-refractivity contribution >= 4 is 34.8 Å². The Kier molecular flexibility index (Phi) is 3.76. The van der Waals surface area contributed by atoms with Gasteiger partial charge in [0, 0.05) is 4.43 Å². The molecule has 2 amide bonds. The van der Waals surface area contributed by atoms with E-state index in [0.29, 0.717) is 4.43 Å². The van der Waals surface area contributed by atoms with Crippen molar-refractivity contribution in [3.05, 3.63) is 0 Å². The number of halogens is 1. The van der Waals surface area contributed by atoms with E-state index < -0.39 is 12.2 Å². The molecule has 1 saturated heterocycles. The second kappa shape index (κ2) is 4.64. The number of cyclic esters (lactones) is 1. The van der Waals surface area contributed by atoms with Crippen LogP contribution in [-0.2, 0) is 9.47 Å². The third-order valence-electron chi connectivity index (χ3n) is 1.60. The minimum Gasteiger partial charge on any atom is -0.449 e. The molecule has 1 heterocycles. The van der Waals surface area contributed by atoms with Gasteiger partial charge in [-0.15, -0.1) is 0 Å². The summed E-state index contributed by atoms with van der Waals surface area (Å²) in [5.74, 6) is 0. The molecule has 0 aliphatic carbocycles. The van der Waals surface area contributed by atoms with Crippen molar-refractivity contribution in [1.82, 2.24) is 4.90 Å². The Morgan fingerprint density at radius 3 is 3.08 bits per heavy atom. The molecular weight excluding hydrogens is 289 g/mol. The van der Waals surface area contributed by atoms with Gasteiger partial charge in [-0.3, -0.25) is 0 Å². The van der Waals surface area contributed by atoms with Gasteiger partial charge in [-0.1, -0.05) is 22.6 Å². The maximum atomic E-state index is 11.2. The fourth-order valence-corrected chi connectivity index (χ4v) is 1.64. The summed E-state index contributed by atoms with van der Waals surface area (Å²) in [5.41, 5.74) is 0. The lowest BCUT2D eigenvalue weighted by atomic mass is 10.3. The highest BCUT2D eigenvalue weighted by Gasteiger charge is 2.38.